The SMILES string of the molecule is CC(=O)Nc1ccc(C(=O)NCCNC2CCCCCC2)cc1.Cl. The van der Waals surface area contributed by atoms with Crippen LogP contribution < -0.4 is 16.0 Å². The molecule has 134 valence electrons. The maximum absolute atomic E-state index is 12.1. The van der Waals surface area contributed by atoms with Crippen molar-refractivity contribution in [1.29, 1.82) is 0 Å². The van der Waals surface area contributed by atoms with E-state index in [1.54, 1.807) is 24.3 Å². The number of hydrogen-bond acceptors (Lipinski definition) is 3. The van der Waals surface area contributed by atoms with Crippen molar-refractivity contribution in [1.82, 2.24) is 10.6 Å². The lowest BCUT2D eigenvalue weighted by Crippen LogP contribution is -2.36. The van der Waals surface area contributed by atoms with E-state index in [1.807, 2.05) is 0 Å². The van der Waals surface area contributed by atoms with Crippen molar-refractivity contribution >= 4 is 29.9 Å². The summed E-state index contributed by atoms with van der Waals surface area (Å²) in [6.45, 7) is 2.89. The highest BCUT2D eigenvalue weighted by atomic mass is 35.5. The number of rotatable bonds is 6. The Balaban J connectivity index is 0.00000288. The zero-order valence-electron chi connectivity index (χ0n) is 14.3. The fourth-order valence-electron chi connectivity index (χ4n) is 2.95. The van der Waals surface area contributed by atoms with Gasteiger partial charge in [0.15, 0.2) is 0 Å². The van der Waals surface area contributed by atoms with E-state index in [4.69, 9.17) is 0 Å². The molecule has 1 aliphatic carbocycles. The van der Waals surface area contributed by atoms with Gasteiger partial charge in [0.05, 0.1) is 0 Å². The summed E-state index contributed by atoms with van der Waals surface area (Å²) in [5.41, 5.74) is 1.30. The molecule has 0 bridgehead atoms. The van der Waals surface area contributed by atoms with Gasteiger partial charge in [-0.15, -0.1) is 12.4 Å². The van der Waals surface area contributed by atoms with E-state index in [0.717, 1.165) is 6.54 Å². The van der Waals surface area contributed by atoms with Gasteiger partial charge in [-0.05, 0) is 37.1 Å². The fraction of sp³-hybridized carbons (Fsp3) is 0.556. The van der Waals surface area contributed by atoms with Crippen LogP contribution in [0.15, 0.2) is 24.3 Å². The molecule has 0 aromatic heterocycles. The number of amides is 2. The average molecular weight is 354 g/mol. The second-order valence-corrected chi connectivity index (χ2v) is 6.16. The number of carbonyl (C=O) groups excluding carboxylic acids is 2. The molecular formula is C18H28ClN3O2. The van der Waals surface area contributed by atoms with E-state index in [2.05, 4.69) is 16.0 Å². The Bertz CT molecular complexity index is 512. The van der Waals surface area contributed by atoms with Crippen LogP contribution in [-0.4, -0.2) is 30.9 Å². The van der Waals surface area contributed by atoms with Gasteiger partial charge in [0.2, 0.25) is 5.91 Å². The number of benzene rings is 1. The van der Waals surface area contributed by atoms with E-state index in [1.165, 1.54) is 45.4 Å². The van der Waals surface area contributed by atoms with Gasteiger partial charge in [-0.2, -0.15) is 0 Å². The Hall–Kier alpha value is -1.59. The largest absolute Gasteiger partial charge is 0.351 e. The first-order chi connectivity index (χ1) is 11.1. The molecular weight excluding hydrogens is 326 g/mol. The lowest BCUT2D eigenvalue weighted by molar-refractivity contribution is -0.114. The summed E-state index contributed by atoms with van der Waals surface area (Å²) in [5.74, 6) is -0.200. The van der Waals surface area contributed by atoms with Crippen LogP contribution in [0.3, 0.4) is 0 Å². The summed E-state index contributed by atoms with van der Waals surface area (Å²) >= 11 is 0. The van der Waals surface area contributed by atoms with Crippen LogP contribution in [0.25, 0.3) is 0 Å². The Kier molecular flexibility index (Phi) is 9.42. The van der Waals surface area contributed by atoms with E-state index >= 15 is 0 Å². The van der Waals surface area contributed by atoms with Gasteiger partial charge in [-0.1, -0.05) is 25.7 Å². The zero-order chi connectivity index (χ0) is 16.5. The molecule has 2 amide bonds. The monoisotopic (exact) mass is 353 g/mol. The van der Waals surface area contributed by atoms with Gasteiger partial charge < -0.3 is 16.0 Å². The molecule has 1 aromatic carbocycles. The van der Waals surface area contributed by atoms with Gasteiger partial charge in [0.25, 0.3) is 5.91 Å². The van der Waals surface area contributed by atoms with E-state index in [0.29, 0.717) is 23.8 Å². The molecule has 0 saturated heterocycles. The molecule has 0 spiro atoms. The minimum Gasteiger partial charge on any atom is -0.351 e. The topological polar surface area (TPSA) is 70.2 Å². The fourth-order valence-corrected chi connectivity index (χ4v) is 2.95. The quantitative estimate of drug-likeness (QED) is 0.543. The van der Waals surface area contributed by atoms with E-state index < -0.39 is 0 Å². The van der Waals surface area contributed by atoms with E-state index in [9.17, 15) is 9.59 Å². The number of nitrogens with one attached hydrogen (secondary N) is 3. The normalized spacial score (nSPS) is 15.0. The van der Waals surface area contributed by atoms with Gasteiger partial charge in [-0.25, -0.2) is 0 Å². The molecule has 24 heavy (non-hydrogen) atoms. The molecule has 0 radical (unpaired) electrons. The average Bonchev–Trinajstić information content (AvgIpc) is 2.80. The molecule has 1 aromatic rings. The van der Waals surface area contributed by atoms with Crippen molar-refractivity contribution in [2.24, 2.45) is 0 Å². The van der Waals surface area contributed by atoms with Crippen LogP contribution in [-0.2, 0) is 4.79 Å². The summed E-state index contributed by atoms with van der Waals surface area (Å²) in [5, 5.41) is 9.15. The minimum atomic E-state index is -0.119. The Morgan fingerprint density at radius 1 is 1.00 bits per heavy atom. The highest BCUT2D eigenvalue weighted by molar-refractivity contribution is 5.95. The third kappa shape index (κ3) is 7.32. The predicted octanol–water partition coefficient (Wildman–Crippen LogP) is 3.11. The predicted molar refractivity (Wildman–Crippen MR) is 99.8 cm³/mol. The molecule has 5 nitrogen and oxygen atoms in total. The number of hydrogen-bond donors (Lipinski definition) is 3. The maximum atomic E-state index is 12.1. The Morgan fingerprint density at radius 2 is 1.62 bits per heavy atom. The van der Waals surface area contributed by atoms with Gasteiger partial charge in [0.1, 0.15) is 0 Å². The summed E-state index contributed by atoms with van der Waals surface area (Å²) in [7, 11) is 0. The van der Waals surface area contributed by atoms with Gasteiger partial charge >= 0.3 is 0 Å². The molecule has 0 aliphatic heterocycles. The van der Waals surface area contributed by atoms with Crippen LogP contribution in [0.2, 0.25) is 0 Å². The zero-order valence-corrected chi connectivity index (χ0v) is 15.1. The van der Waals surface area contributed by atoms with Crippen LogP contribution in [0.4, 0.5) is 5.69 Å². The third-order valence-corrected chi connectivity index (χ3v) is 4.17. The molecule has 2 rings (SSSR count). The van der Waals surface area contributed by atoms with Crippen LogP contribution in [0.5, 0.6) is 0 Å². The lowest BCUT2D eigenvalue weighted by atomic mass is 10.1. The summed E-state index contributed by atoms with van der Waals surface area (Å²) in [6, 6.07) is 7.52. The van der Waals surface area contributed by atoms with Crippen molar-refractivity contribution in [3.8, 4) is 0 Å². The van der Waals surface area contributed by atoms with Gasteiger partial charge in [-0.3, -0.25) is 9.59 Å². The molecule has 1 fully saturated rings. The number of anilines is 1. The maximum Gasteiger partial charge on any atom is 0.251 e. The first-order valence-corrected chi connectivity index (χ1v) is 8.54. The van der Waals surface area contributed by atoms with Crippen LogP contribution in [0, 0.1) is 0 Å². The summed E-state index contributed by atoms with van der Waals surface area (Å²) in [6.07, 6.45) is 7.82. The second kappa shape index (κ2) is 11.0. The molecule has 0 heterocycles. The molecule has 3 N–H and O–H groups in total. The van der Waals surface area contributed by atoms with Crippen molar-refractivity contribution in [2.45, 2.75) is 51.5 Å². The molecule has 1 aliphatic rings. The van der Waals surface area contributed by atoms with Crippen molar-refractivity contribution in [2.75, 3.05) is 18.4 Å². The van der Waals surface area contributed by atoms with Gasteiger partial charge in [0, 0.05) is 37.3 Å². The summed E-state index contributed by atoms with van der Waals surface area (Å²) < 4.78 is 0. The first-order valence-electron chi connectivity index (χ1n) is 8.54. The number of halogens is 1. The lowest BCUT2D eigenvalue weighted by Gasteiger charge is -2.16. The smallest absolute Gasteiger partial charge is 0.251 e. The Morgan fingerprint density at radius 3 is 2.21 bits per heavy atom. The van der Waals surface area contributed by atoms with Crippen LogP contribution >= 0.6 is 12.4 Å². The Labute approximate surface area is 150 Å². The molecule has 6 heteroatoms. The van der Waals surface area contributed by atoms with Crippen molar-refractivity contribution < 1.29 is 9.59 Å². The summed E-state index contributed by atoms with van der Waals surface area (Å²) in [4.78, 5) is 23.0. The molecule has 0 atom stereocenters. The molecule has 1 saturated carbocycles. The van der Waals surface area contributed by atoms with Crippen molar-refractivity contribution in [3.63, 3.8) is 0 Å². The standard InChI is InChI=1S/C18H27N3O2.ClH/c1-14(22)21-17-10-8-15(9-11-17)18(23)20-13-12-19-16-6-4-2-3-5-7-16;/h8-11,16,19H,2-7,12-13H2,1H3,(H,20,23)(H,21,22);1H. The highest BCUT2D eigenvalue weighted by Crippen LogP contribution is 2.16. The first kappa shape index (κ1) is 20.5. The highest BCUT2D eigenvalue weighted by Gasteiger charge is 2.11. The third-order valence-electron chi connectivity index (χ3n) is 4.17. The van der Waals surface area contributed by atoms with Crippen molar-refractivity contribution in [3.05, 3.63) is 29.8 Å². The van der Waals surface area contributed by atoms with Crippen LogP contribution in [0.1, 0.15) is 55.8 Å². The number of carbonyl (C=O) groups is 2. The second-order valence-electron chi connectivity index (χ2n) is 6.16. The van der Waals surface area contributed by atoms with E-state index in [-0.39, 0.29) is 24.2 Å². The minimum absolute atomic E-state index is 0. The molecule has 0 unspecified atom stereocenters.